The SMILES string of the molecule is CC(C)C[C@@H](NC(=O)[C@H](Cc1ccccc1)NC(=O)[C@@H](Cc1ccccc1)n1c(=O)[nH]c2ccccc2c1=O)C(=O)O. The molecule has 0 radical (unpaired) electrons. The van der Waals surface area contributed by atoms with Gasteiger partial charge < -0.3 is 20.7 Å². The van der Waals surface area contributed by atoms with Gasteiger partial charge in [-0.15, -0.1) is 0 Å². The second kappa shape index (κ2) is 13.6. The highest BCUT2D eigenvalue weighted by atomic mass is 16.4. The van der Waals surface area contributed by atoms with Crippen molar-refractivity contribution in [1.82, 2.24) is 20.2 Å². The van der Waals surface area contributed by atoms with Gasteiger partial charge in [0.1, 0.15) is 18.1 Å². The van der Waals surface area contributed by atoms with E-state index in [-0.39, 0.29) is 30.6 Å². The molecule has 10 heteroatoms. The molecule has 0 aliphatic heterocycles. The summed E-state index contributed by atoms with van der Waals surface area (Å²) in [7, 11) is 0. The summed E-state index contributed by atoms with van der Waals surface area (Å²) in [4.78, 5) is 68.7. The van der Waals surface area contributed by atoms with Gasteiger partial charge in [-0.1, -0.05) is 86.6 Å². The van der Waals surface area contributed by atoms with Crippen LogP contribution in [0.5, 0.6) is 0 Å². The zero-order chi connectivity index (χ0) is 30.2. The van der Waals surface area contributed by atoms with Crippen molar-refractivity contribution in [3.8, 4) is 0 Å². The Morgan fingerprint density at radius 3 is 1.90 bits per heavy atom. The van der Waals surface area contributed by atoms with E-state index in [1.807, 2.05) is 26.0 Å². The lowest BCUT2D eigenvalue weighted by atomic mass is 10.0. The van der Waals surface area contributed by atoms with Gasteiger partial charge in [-0.3, -0.25) is 14.4 Å². The third-order valence-electron chi connectivity index (χ3n) is 6.96. The number of aromatic nitrogens is 2. The number of hydrogen-bond donors (Lipinski definition) is 4. The van der Waals surface area contributed by atoms with Crippen LogP contribution in [-0.2, 0) is 27.2 Å². The lowest BCUT2D eigenvalue weighted by molar-refractivity contribution is -0.142. The van der Waals surface area contributed by atoms with E-state index < -0.39 is 47.2 Å². The maximum atomic E-state index is 14.0. The number of nitrogens with one attached hydrogen (secondary N) is 3. The van der Waals surface area contributed by atoms with Crippen LogP contribution in [0.1, 0.15) is 37.4 Å². The van der Waals surface area contributed by atoms with E-state index in [9.17, 15) is 29.1 Å². The van der Waals surface area contributed by atoms with E-state index in [2.05, 4.69) is 15.6 Å². The quantitative estimate of drug-likeness (QED) is 0.206. The van der Waals surface area contributed by atoms with Crippen molar-refractivity contribution in [2.75, 3.05) is 0 Å². The topological polar surface area (TPSA) is 150 Å². The maximum Gasteiger partial charge on any atom is 0.329 e. The number of fused-ring (bicyclic) bond motifs is 1. The molecular formula is C32H34N4O6. The fraction of sp³-hybridized carbons (Fsp3) is 0.281. The molecule has 10 nitrogen and oxygen atoms in total. The molecule has 1 heterocycles. The molecule has 3 aromatic carbocycles. The van der Waals surface area contributed by atoms with E-state index in [0.717, 1.165) is 10.1 Å². The van der Waals surface area contributed by atoms with E-state index in [0.29, 0.717) is 11.1 Å². The lowest BCUT2D eigenvalue weighted by Crippen LogP contribution is -2.55. The second-order valence-electron chi connectivity index (χ2n) is 10.6. The highest BCUT2D eigenvalue weighted by Crippen LogP contribution is 2.15. The molecule has 0 bridgehead atoms. The molecule has 3 atom stereocenters. The molecule has 42 heavy (non-hydrogen) atoms. The Labute approximate surface area is 242 Å². The first-order valence-corrected chi connectivity index (χ1v) is 13.8. The van der Waals surface area contributed by atoms with Gasteiger partial charge in [-0.25, -0.2) is 14.2 Å². The van der Waals surface area contributed by atoms with E-state index in [4.69, 9.17) is 0 Å². The first kappa shape index (κ1) is 30.0. The van der Waals surface area contributed by atoms with Crippen LogP contribution in [0, 0.1) is 5.92 Å². The predicted octanol–water partition coefficient (Wildman–Crippen LogP) is 2.82. The molecule has 0 saturated carbocycles. The Balaban J connectivity index is 1.73. The van der Waals surface area contributed by atoms with Gasteiger partial charge in [0.15, 0.2) is 0 Å². The van der Waals surface area contributed by atoms with Crippen molar-refractivity contribution in [1.29, 1.82) is 0 Å². The lowest BCUT2D eigenvalue weighted by Gasteiger charge is -2.25. The normalized spacial score (nSPS) is 13.3. The minimum atomic E-state index is -1.30. The average molecular weight is 571 g/mol. The van der Waals surface area contributed by atoms with Gasteiger partial charge in [0.25, 0.3) is 5.56 Å². The number of benzene rings is 3. The van der Waals surface area contributed by atoms with Gasteiger partial charge in [0.05, 0.1) is 10.9 Å². The molecule has 218 valence electrons. The summed E-state index contributed by atoms with van der Waals surface area (Å²) in [5.41, 5.74) is 0.367. The van der Waals surface area contributed by atoms with Crippen LogP contribution in [-0.4, -0.2) is 44.5 Å². The third-order valence-corrected chi connectivity index (χ3v) is 6.96. The minimum absolute atomic E-state index is 0.00121. The Bertz CT molecular complexity index is 1660. The van der Waals surface area contributed by atoms with Crippen LogP contribution in [0.15, 0.2) is 94.5 Å². The number of aliphatic carboxylic acids is 1. The molecule has 0 fully saturated rings. The van der Waals surface area contributed by atoms with Crippen molar-refractivity contribution in [2.45, 2.75) is 51.2 Å². The Hall–Kier alpha value is -4.99. The summed E-state index contributed by atoms with van der Waals surface area (Å²) in [5.74, 6) is -2.60. The van der Waals surface area contributed by atoms with Crippen molar-refractivity contribution >= 4 is 28.7 Å². The maximum absolute atomic E-state index is 14.0. The van der Waals surface area contributed by atoms with Gasteiger partial charge in [-0.05, 0) is 35.6 Å². The fourth-order valence-electron chi connectivity index (χ4n) is 4.89. The highest BCUT2D eigenvalue weighted by molar-refractivity contribution is 5.92. The summed E-state index contributed by atoms with van der Waals surface area (Å²) in [6.45, 7) is 3.69. The van der Waals surface area contributed by atoms with Gasteiger partial charge >= 0.3 is 11.7 Å². The summed E-state index contributed by atoms with van der Waals surface area (Å²) < 4.78 is 0.876. The number of nitrogens with zero attached hydrogens (tertiary/aromatic N) is 1. The van der Waals surface area contributed by atoms with Crippen LogP contribution in [0.2, 0.25) is 0 Å². The molecule has 0 aliphatic rings. The number of rotatable bonds is 12. The summed E-state index contributed by atoms with van der Waals surface area (Å²) in [5, 5.41) is 15.2. The summed E-state index contributed by atoms with van der Waals surface area (Å²) in [6, 6.07) is 20.8. The number of carbonyl (C=O) groups excluding carboxylic acids is 2. The van der Waals surface area contributed by atoms with E-state index in [1.54, 1.807) is 72.8 Å². The third kappa shape index (κ3) is 7.39. The molecule has 4 aromatic rings. The van der Waals surface area contributed by atoms with Crippen molar-refractivity contribution in [2.24, 2.45) is 5.92 Å². The number of aromatic amines is 1. The van der Waals surface area contributed by atoms with E-state index >= 15 is 0 Å². The Morgan fingerprint density at radius 2 is 1.31 bits per heavy atom. The van der Waals surface area contributed by atoms with Crippen molar-refractivity contribution in [3.63, 3.8) is 0 Å². The number of hydrogen-bond acceptors (Lipinski definition) is 5. The number of para-hydroxylation sites is 1. The predicted molar refractivity (Wildman–Crippen MR) is 159 cm³/mol. The molecule has 0 aliphatic carbocycles. The molecule has 0 unspecified atom stereocenters. The Kier molecular flexibility index (Phi) is 9.69. The van der Waals surface area contributed by atoms with Crippen molar-refractivity contribution < 1.29 is 19.5 Å². The molecule has 1 aromatic heterocycles. The molecule has 0 saturated heterocycles. The van der Waals surface area contributed by atoms with Crippen LogP contribution < -0.4 is 21.9 Å². The molecular weight excluding hydrogens is 536 g/mol. The zero-order valence-corrected chi connectivity index (χ0v) is 23.4. The van der Waals surface area contributed by atoms with Crippen LogP contribution in [0.25, 0.3) is 10.9 Å². The second-order valence-corrected chi connectivity index (χ2v) is 10.6. The minimum Gasteiger partial charge on any atom is -0.480 e. The van der Waals surface area contributed by atoms with Crippen LogP contribution in [0.3, 0.4) is 0 Å². The number of H-pyrrole nitrogens is 1. The number of carboxylic acids is 1. The fourth-order valence-corrected chi connectivity index (χ4v) is 4.89. The van der Waals surface area contributed by atoms with Gasteiger partial charge in [0, 0.05) is 12.8 Å². The highest BCUT2D eigenvalue weighted by Gasteiger charge is 2.31. The summed E-state index contributed by atoms with van der Waals surface area (Å²) in [6.07, 6.45) is 0.262. The molecule has 4 rings (SSSR count). The van der Waals surface area contributed by atoms with Gasteiger partial charge in [0.2, 0.25) is 11.8 Å². The Morgan fingerprint density at radius 1 is 0.762 bits per heavy atom. The molecule has 4 N–H and O–H groups in total. The number of carboxylic acid groups (broad SMARTS) is 1. The first-order valence-electron chi connectivity index (χ1n) is 13.8. The first-order chi connectivity index (χ1) is 20.1. The van der Waals surface area contributed by atoms with Crippen LogP contribution in [0.4, 0.5) is 0 Å². The number of carbonyl (C=O) groups is 3. The van der Waals surface area contributed by atoms with E-state index in [1.165, 1.54) is 0 Å². The van der Waals surface area contributed by atoms with Crippen LogP contribution >= 0.6 is 0 Å². The monoisotopic (exact) mass is 570 g/mol. The van der Waals surface area contributed by atoms with Gasteiger partial charge in [-0.2, -0.15) is 0 Å². The smallest absolute Gasteiger partial charge is 0.329 e. The zero-order valence-electron chi connectivity index (χ0n) is 23.4. The molecule has 0 spiro atoms. The van der Waals surface area contributed by atoms with Crippen molar-refractivity contribution in [3.05, 3.63) is 117 Å². The summed E-state index contributed by atoms with van der Waals surface area (Å²) >= 11 is 0. The molecule has 2 amide bonds. The standard InChI is InChI=1S/C32H34N4O6/c1-20(2)17-26(31(40)41)34-28(37)25(18-21-11-5-3-6-12-21)33-29(38)27(19-22-13-7-4-8-14-22)36-30(39)23-15-9-10-16-24(23)35-32(36)42/h3-16,20,25-27H,17-19H2,1-2H3,(H,33,38)(H,34,37)(H,35,42)(H,40,41)/t25-,26+,27+/m0/s1. The number of amides is 2. The largest absolute Gasteiger partial charge is 0.480 e. The average Bonchev–Trinajstić information content (AvgIpc) is 2.96.